The molecule has 1 saturated heterocycles. The summed E-state index contributed by atoms with van der Waals surface area (Å²) in [5.41, 5.74) is 1.18. The van der Waals surface area contributed by atoms with Crippen molar-refractivity contribution in [1.29, 1.82) is 0 Å². The van der Waals surface area contributed by atoms with E-state index in [0.29, 0.717) is 0 Å². The molecule has 2 fully saturated rings. The van der Waals surface area contributed by atoms with Gasteiger partial charge in [-0.05, 0) is 45.1 Å². The summed E-state index contributed by atoms with van der Waals surface area (Å²) in [6, 6.07) is 0. The minimum atomic E-state index is 0.196. The number of nitrogens with one attached hydrogen (secondary N) is 1. The topological polar surface area (TPSA) is 32.3 Å². The van der Waals surface area contributed by atoms with Crippen LogP contribution in [0.2, 0.25) is 0 Å². The zero-order valence-corrected chi connectivity index (χ0v) is 10.9. The Hall–Kier alpha value is -0.830. The highest BCUT2D eigenvalue weighted by atomic mass is 16.1. The zero-order valence-electron chi connectivity index (χ0n) is 10.9. The van der Waals surface area contributed by atoms with Crippen LogP contribution in [0.5, 0.6) is 0 Å². The number of piperidine rings is 1. The third kappa shape index (κ3) is 4.15. The van der Waals surface area contributed by atoms with Gasteiger partial charge in [-0.2, -0.15) is 0 Å². The van der Waals surface area contributed by atoms with Crippen LogP contribution in [0, 0.1) is 11.8 Å². The molecule has 96 valence electrons. The maximum absolute atomic E-state index is 12.0. The van der Waals surface area contributed by atoms with E-state index in [1.165, 1.54) is 18.4 Å². The molecule has 0 radical (unpaired) electrons. The molecule has 3 heteroatoms. The van der Waals surface area contributed by atoms with E-state index in [0.717, 1.165) is 44.9 Å². The van der Waals surface area contributed by atoms with Gasteiger partial charge in [0.1, 0.15) is 0 Å². The van der Waals surface area contributed by atoms with Gasteiger partial charge in [-0.1, -0.05) is 12.2 Å². The summed E-state index contributed by atoms with van der Waals surface area (Å²) in [5, 5.41) is 3.10. The summed E-state index contributed by atoms with van der Waals surface area (Å²) in [6.45, 7) is 9.85. The molecule has 1 atom stereocenters. The van der Waals surface area contributed by atoms with Gasteiger partial charge in [0.25, 0.3) is 0 Å². The quantitative estimate of drug-likeness (QED) is 0.738. The Labute approximate surface area is 104 Å². The molecular weight excluding hydrogens is 212 g/mol. The fraction of sp³-hybridized carbons (Fsp3) is 0.786. The Kier molecular flexibility index (Phi) is 4.21. The zero-order chi connectivity index (χ0) is 12.3. The molecular formula is C14H24N2O. The molecule has 3 nitrogen and oxygen atoms in total. The van der Waals surface area contributed by atoms with Crippen LogP contribution < -0.4 is 5.32 Å². The summed E-state index contributed by atoms with van der Waals surface area (Å²) in [6.07, 6.45) is 4.78. The predicted octanol–water partition coefficient (Wildman–Crippen LogP) is 1.80. The second kappa shape index (κ2) is 5.67. The lowest BCUT2D eigenvalue weighted by molar-refractivity contribution is -0.126. The lowest BCUT2D eigenvalue weighted by atomic mass is 9.97. The first-order chi connectivity index (χ1) is 8.15. The Bertz CT molecular complexity index is 297. The first-order valence-corrected chi connectivity index (χ1v) is 6.79. The maximum Gasteiger partial charge on any atom is 0.224 e. The van der Waals surface area contributed by atoms with E-state index in [1.54, 1.807) is 0 Å². The first-order valence-electron chi connectivity index (χ1n) is 6.79. The Morgan fingerprint density at radius 1 is 1.41 bits per heavy atom. The number of rotatable bonds is 5. The van der Waals surface area contributed by atoms with Crippen LogP contribution in [0.15, 0.2) is 12.2 Å². The summed E-state index contributed by atoms with van der Waals surface area (Å²) in [5.74, 6) is 1.24. The molecule has 0 aromatic carbocycles. The number of hydrogen-bond donors (Lipinski definition) is 1. The molecule has 1 saturated carbocycles. The third-order valence-corrected chi connectivity index (χ3v) is 3.63. The molecule has 17 heavy (non-hydrogen) atoms. The van der Waals surface area contributed by atoms with E-state index >= 15 is 0 Å². The summed E-state index contributed by atoms with van der Waals surface area (Å²) >= 11 is 0. The van der Waals surface area contributed by atoms with Gasteiger partial charge < -0.3 is 5.32 Å². The molecule has 0 aromatic heterocycles. The smallest absolute Gasteiger partial charge is 0.224 e. The van der Waals surface area contributed by atoms with Crippen molar-refractivity contribution in [2.75, 3.05) is 26.2 Å². The monoisotopic (exact) mass is 236 g/mol. The molecule has 0 unspecified atom stereocenters. The van der Waals surface area contributed by atoms with Crippen molar-refractivity contribution in [3.05, 3.63) is 12.2 Å². The van der Waals surface area contributed by atoms with Gasteiger partial charge >= 0.3 is 0 Å². The van der Waals surface area contributed by atoms with Gasteiger partial charge in [-0.15, -0.1) is 0 Å². The minimum Gasteiger partial charge on any atom is -0.356 e. The van der Waals surface area contributed by atoms with E-state index in [-0.39, 0.29) is 11.8 Å². The van der Waals surface area contributed by atoms with Crippen molar-refractivity contribution >= 4 is 5.91 Å². The fourth-order valence-electron chi connectivity index (χ4n) is 2.51. The van der Waals surface area contributed by atoms with Crippen molar-refractivity contribution in [2.24, 2.45) is 11.8 Å². The van der Waals surface area contributed by atoms with Crippen molar-refractivity contribution in [3.63, 3.8) is 0 Å². The standard InChI is InChI=1S/C14H24N2O/c1-11(2)9-16-7-3-4-13(10-16)14(17)15-8-12-5-6-12/h12-13H,1,3-10H2,2H3,(H,15,17)/t13-/m1/s1. The Morgan fingerprint density at radius 3 is 2.82 bits per heavy atom. The minimum absolute atomic E-state index is 0.196. The highest BCUT2D eigenvalue weighted by Gasteiger charge is 2.27. The van der Waals surface area contributed by atoms with E-state index in [1.807, 2.05) is 0 Å². The van der Waals surface area contributed by atoms with Crippen molar-refractivity contribution in [1.82, 2.24) is 10.2 Å². The molecule has 1 aliphatic carbocycles. The lowest BCUT2D eigenvalue weighted by Crippen LogP contribution is -2.43. The Balaban J connectivity index is 1.74. The maximum atomic E-state index is 12.0. The van der Waals surface area contributed by atoms with E-state index in [2.05, 4.69) is 23.7 Å². The molecule has 0 aromatic rings. The molecule has 1 aliphatic heterocycles. The Morgan fingerprint density at radius 2 is 2.18 bits per heavy atom. The average Bonchev–Trinajstić information content (AvgIpc) is 3.09. The average molecular weight is 236 g/mol. The van der Waals surface area contributed by atoms with Gasteiger partial charge in [-0.3, -0.25) is 9.69 Å². The largest absolute Gasteiger partial charge is 0.356 e. The number of carbonyl (C=O) groups excluding carboxylic acids is 1. The van der Waals surface area contributed by atoms with Crippen LogP contribution >= 0.6 is 0 Å². The predicted molar refractivity (Wildman–Crippen MR) is 69.7 cm³/mol. The normalized spacial score (nSPS) is 25.6. The highest BCUT2D eigenvalue weighted by Crippen LogP contribution is 2.27. The van der Waals surface area contributed by atoms with Gasteiger partial charge in [-0.25, -0.2) is 0 Å². The number of hydrogen-bond acceptors (Lipinski definition) is 2. The molecule has 2 aliphatic rings. The summed E-state index contributed by atoms with van der Waals surface area (Å²) < 4.78 is 0. The first kappa shape index (κ1) is 12.6. The van der Waals surface area contributed by atoms with E-state index in [4.69, 9.17) is 0 Å². The summed E-state index contributed by atoms with van der Waals surface area (Å²) in [4.78, 5) is 14.4. The van der Waals surface area contributed by atoms with Crippen molar-refractivity contribution in [3.8, 4) is 0 Å². The second-order valence-corrected chi connectivity index (χ2v) is 5.72. The van der Waals surface area contributed by atoms with Crippen LogP contribution in [-0.2, 0) is 4.79 Å². The summed E-state index contributed by atoms with van der Waals surface area (Å²) in [7, 11) is 0. The van der Waals surface area contributed by atoms with Gasteiger partial charge in [0.2, 0.25) is 5.91 Å². The van der Waals surface area contributed by atoms with Crippen LogP contribution in [0.25, 0.3) is 0 Å². The molecule has 0 spiro atoms. The number of likely N-dealkylation sites (tertiary alicyclic amines) is 1. The number of nitrogens with zero attached hydrogens (tertiary/aromatic N) is 1. The number of carbonyl (C=O) groups is 1. The third-order valence-electron chi connectivity index (χ3n) is 3.63. The molecule has 1 heterocycles. The number of amides is 1. The SMILES string of the molecule is C=C(C)CN1CCC[C@@H](C(=O)NCC2CC2)C1. The van der Waals surface area contributed by atoms with Crippen LogP contribution in [-0.4, -0.2) is 37.0 Å². The van der Waals surface area contributed by atoms with Crippen LogP contribution in [0.3, 0.4) is 0 Å². The molecule has 0 bridgehead atoms. The van der Waals surface area contributed by atoms with Crippen molar-refractivity contribution < 1.29 is 4.79 Å². The van der Waals surface area contributed by atoms with Crippen LogP contribution in [0.1, 0.15) is 32.6 Å². The van der Waals surface area contributed by atoms with E-state index in [9.17, 15) is 4.79 Å². The van der Waals surface area contributed by atoms with Gasteiger partial charge in [0, 0.05) is 19.6 Å². The van der Waals surface area contributed by atoms with Gasteiger partial charge in [0.05, 0.1) is 5.92 Å². The van der Waals surface area contributed by atoms with E-state index < -0.39 is 0 Å². The molecule has 1 amide bonds. The second-order valence-electron chi connectivity index (χ2n) is 5.72. The van der Waals surface area contributed by atoms with Gasteiger partial charge in [0.15, 0.2) is 0 Å². The van der Waals surface area contributed by atoms with Crippen molar-refractivity contribution in [2.45, 2.75) is 32.6 Å². The van der Waals surface area contributed by atoms with Crippen LogP contribution in [0.4, 0.5) is 0 Å². The molecule has 2 rings (SSSR count). The lowest BCUT2D eigenvalue weighted by Gasteiger charge is -2.32. The molecule has 1 N–H and O–H groups in total. The highest BCUT2D eigenvalue weighted by molar-refractivity contribution is 5.79. The fourth-order valence-corrected chi connectivity index (χ4v) is 2.51.